The number of anilines is 1. The first-order chi connectivity index (χ1) is 12.3. The van der Waals surface area contributed by atoms with Crippen LogP contribution in [0.4, 0.5) is 5.69 Å². The molecule has 8 heteroatoms. The van der Waals surface area contributed by atoms with E-state index < -0.39 is 10.0 Å². The summed E-state index contributed by atoms with van der Waals surface area (Å²) >= 11 is 5.81. The molecule has 0 fully saturated rings. The second-order valence-corrected chi connectivity index (χ2v) is 8.13. The maximum absolute atomic E-state index is 12.1. The normalized spacial score (nSPS) is 11.4. The van der Waals surface area contributed by atoms with Crippen LogP contribution < -0.4 is 10.1 Å². The molecule has 0 aliphatic heterocycles. The van der Waals surface area contributed by atoms with Gasteiger partial charge in [0.1, 0.15) is 5.75 Å². The van der Waals surface area contributed by atoms with Gasteiger partial charge in [-0.05, 0) is 30.3 Å². The molecule has 0 unspecified atom stereocenters. The number of para-hydroxylation sites is 1. The van der Waals surface area contributed by atoms with E-state index in [0.29, 0.717) is 16.5 Å². The summed E-state index contributed by atoms with van der Waals surface area (Å²) in [5, 5.41) is 3.29. The molecule has 140 valence electrons. The maximum Gasteiger partial charge on any atom is 0.225 e. The maximum atomic E-state index is 12.1. The highest BCUT2D eigenvalue weighted by Crippen LogP contribution is 2.20. The zero-order valence-corrected chi connectivity index (χ0v) is 16.2. The predicted octanol–water partition coefficient (Wildman–Crippen LogP) is 3.14. The summed E-state index contributed by atoms with van der Waals surface area (Å²) in [6, 6.07) is 13.9. The van der Waals surface area contributed by atoms with Crippen LogP contribution in [0.15, 0.2) is 48.5 Å². The second kappa shape index (κ2) is 9.02. The van der Waals surface area contributed by atoms with Gasteiger partial charge < -0.3 is 10.1 Å². The molecule has 0 aromatic heterocycles. The van der Waals surface area contributed by atoms with Gasteiger partial charge in [0.15, 0.2) is 0 Å². The Bertz CT molecular complexity index is 854. The molecule has 0 bridgehead atoms. The molecule has 2 rings (SSSR count). The summed E-state index contributed by atoms with van der Waals surface area (Å²) in [7, 11) is -1.95. The van der Waals surface area contributed by atoms with E-state index in [1.807, 2.05) is 12.1 Å². The Balaban J connectivity index is 2.02. The molecule has 0 aliphatic rings. The summed E-state index contributed by atoms with van der Waals surface area (Å²) in [5.41, 5.74) is 1.34. The molecule has 1 N–H and O–H groups in total. The van der Waals surface area contributed by atoms with Crippen LogP contribution in [0, 0.1) is 0 Å². The van der Waals surface area contributed by atoms with Crippen molar-refractivity contribution in [2.75, 3.05) is 25.2 Å². The molecule has 0 atom stereocenters. The number of ether oxygens (including phenoxy) is 1. The molecule has 0 radical (unpaired) electrons. The zero-order valence-electron chi connectivity index (χ0n) is 14.6. The summed E-state index contributed by atoms with van der Waals surface area (Å²) in [6.07, 6.45) is 1.16. The van der Waals surface area contributed by atoms with E-state index in [1.165, 1.54) is 11.4 Å². The molecule has 0 saturated carbocycles. The summed E-state index contributed by atoms with van der Waals surface area (Å²) in [5.74, 6) is 0.327. The first-order valence-corrected chi connectivity index (χ1v) is 10.1. The van der Waals surface area contributed by atoms with Crippen molar-refractivity contribution in [3.8, 4) is 5.75 Å². The van der Waals surface area contributed by atoms with E-state index in [9.17, 15) is 13.2 Å². The minimum Gasteiger partial charge on any atom is -0.496 e. The molecule has 6 nitrogen and oxygen atoms in total. The van der Waals surface area contributed by atoms with Gasteiger partial charge in [-0.15, -0.1) is 0 Å². The number of sulfonamides is 1. The number of methoxy groups -OCH3 is 1. The fourth-order valence-electron chi connectivity index (χ4n) is 2.37. The monoisotopic (exact) mass is 396 g/mol. The van der Waals surface area contributed by atoms with E-state index >= 15 is 0 Å². The van der Waals surface area contributed by atoms with Gasteiger partial charge in [-0.1, -0.05) is 29.8 Å². The number of hydrogen-bond donors (Lipinski definition) is 1. The van der Waals surface area contributed by atoms with Crippen LogP contribution in [0.2, 0.25) is 5.02 Å². The average Bonchev–Trinajstić information content (AvgIpc) is 2.60. The fraction of sp³-hybridized carbons (Fsp3) is 0.278. The highest BCUT2D eigenvalue weighted by atomic mass is 35.5. The molecular formula is C18H21ClN2O4S. The van der Waals surface area contributed by atoms with Crippen LogP contribution in [0.3, 0.4) is 0 Å². The Labute approximate surface area is 158 Å². The van der Waals surface area contributed by atoms with Crippen molar-refractivity contribution in [3.05, 3.63) is 59.1 Å². The van der Waals surface area contributed by atoms with Crippen molar-refractivity contribution in [2.45, 2.75) is 13.0 Å². The lowest BCUT2D eigenvalue weighted by Gasteiger charge is -2.21. The minimum atomic E-state index is -3.48. The summed E-state index contributed by atoms with van der Waals surface area (Å²) in [6.45, 7) is 0.202. The Kier molecular flexibility index (Phi) is 7.02. The number of carbonyl (C=O) groups excluding carboxylic acids is 1. The third kappa shape index (κ3) is 6.01. The van der Waals surface area contributed by atoms with Gasteiger partial charge in [0, 0.05) is 35.8 Å². The predicted molar refractivity (Wildman–Crippen MR) is 103 cm³/mol. The Morgan fingerprint density at radius 2 is 1.81 bits per heavy atom. The van der Waals surface area contributed by atoms with Crippen molar-refractivity contribution >= 4 is 33.2 Å². The van der Waals surface area contributed by atoms with Crippen molar-refractivity contribution in [1.29, 1.82) is 0 Å². The Morgan fingerprint density at radius 1 is 1.15 bits per heavy atom. The average molecular weight is 397 g/mol. The van der Waals surface area contributed by atoms with Gasteiger partial charge in [-0.3, -0.25) is 4.79 Å². The SMILES string of the molecule is COc1ccccc1CN(CCC(=O)Nc1ccc(Cl)cc1)S(C)(=O)=O. The third-order valence-electron chi connectivity index (χ3n) is 3.72. The van der Waals surface area contributed by atoms with Gasteiger partial charge in [-0.2, -0.15) is 4.31 Å². The number of hydrogen-bond acceptors (Lipinski definition) is 4. The molecule has 0 heterocycles. The molecule has 2 aromatic carbocycles. The van der Waals surface area contributed by atoms with Crippen molar-refractivity contribution in [2.24, 2.45) is 0 Å². The first-order valence-electron chi connectivity index (χ1n) is 7.92. The highest BCUT2D eigenvalue weighted by molar-refractivity contribution is 7.88. The number of benzene rings is 2. The molecule has 26 heavy (non-hydrogen) atoms. The molecular weight excluding hydrogens is 376 g/mol. The van der Waals surface area contributed by atoms with Crippen LogP contribution in [0.1, 0.15) is 12.0 Å². The molecule has 2 aromatic rings. The van der Waals surface area contributed by atoms with Crippen molar-refractivity contribution in [3.63, 3.8) is 0 Å². The quantitative estimate of drug-likeness (QED) is 0.743. The van der Waals surface area contributed by atoms with Crippen LogP contribution in [0.5, 0.6) is 5.75 Å². The summed E-state index contributed by atoms with van der Waals surface area (Å²) in [4.78, 5) is 12.1. The largest absolute Gasteiger partial charge is 0.496 e. The van der Waals surface area contributed by atoms with E-state index in [-0.39, 0.29) is 25.4 Å². The lowest BCUT2D eigenvalue weighted by atomic mass is 10.2. The Morgan fingerprint density at radius 3 is 2.42 bits per heavy atom. The number of halogens is 1. The first kappa shape index (κ1) is 20.2. The van der Waals surface area contributed by atoms with Gasteiger partial charge in [-0.25, -0.2) is 8.42 Å². The van der Waals surface area contributed by atoms with Crippen LogP contribution >= 0.6 is 11.6 Å². The number of nitrogens with zero attached hydrogens (tertiary/aromatic N) is 1. The topological polar surface area (TPSA) is 75.7 Å². The fourth-order valence-corrected chi connectivity index (χ4v) is 3.29. The molecule has 0 aliphatic carbocycles. The van der Waals surface area contributed by atoms with Crippen LogP contribution in [0.25, 0.3) is 0 Å². The van der Waals surface area contributed by atoms with Gasteiger partial charge >= 0.3 is 0 Å². The van der Waals surface area contributed by atoms with E-state index in [2.05, 4.69) is 5.32 Å². The molecule has 0 saturated heterocycles. The van der Waals surface area contributed by atoms with E-state index in [1.54, 1.807) is 36.4 Å². The Hall–Kier alpha value is -2.09. The van der Waals surface area contributed by atoms with Crippen LogP contribution in [-0.2, 0) is 21.4 Å². The van der Waals surface area contributed by atoms with Gasteiger partial charge in [0.05, 0.1) is 13.4 Å². The zero-order chi connectivity index (χ0) is 19.2. The number of nitrogens with one attached hydrogen (secondary N) is 1. The molecule has 0 spiro atoms. The van der Waals surface area contributed by atoms with E-state index in [4.69, 9.17) is 16.3 Å². The molecule has 1 amide bonds. The number of amides is 1. The lowest BCUT2D eigenvalue weighted by molar-refractivity contribution is -0.116. The van der Waals surface area contributed by atoms with Gasteiger partial charge in [0.25, 0.3) is 0 Å². The van der Waals surface area contributed by atoms with Crippen molar-refractivity contribution in [1.82, 2.24) is 4.31 Å². The highest BCUT2D eigenvalue weighted by Gasteiger charge is 2.20. The third-order valence-corrected chi connectivity index (χ3v) is 5.23. The number of carbonyl (C=O) groups is 1. The minimum absolute atomic E-state index is 0.0326. The second-order valence-electron chi connectivity index (χ2n) is 5.71. The van der Waals surface area contributed by atoms with Gasteiger partial charge in [0.2, 0.25) is 15.9 Å². The van der Waals surface area contributed by atoms with Crippen LogP contribution in [-0.4, -0.2) is 38.5 Å². The van der Waals surface area contributed by atoms with Crippen molar-refractivity contribution < 1.29 is 17.9 Å². The summed E-state index contributed by atoms with van der Waals surface area (Å²) < 4.78 is 30.7. The lowest BCUT2D eigenvalue weighted by Crippen LogP contribution is -2.32. The van der Waals surface area contributed by atoms with E-state index in [0.717, 1.165) is 11.8 Å². The standard InChI is InChI=1S/C18H21ClN2O4S/c1-25-17-6-4-3-5-14(17)13-21(26(2,23)24)12-11-18(22)20-16-9-7-15(19)8-10-16/h3-10H,11-13H2,1-2H3,(H,20,22). The number of rotatable bonds is 8. The smallest absolute Gasteiger partial charge is 0.225 e.